The summed E-state index contributed by atoms with van der Waals surface area (Å²) in [5, 5.41) is 7.62. The van der Waals surface area contributed by atoms with Crippen LogP contribution in [0.3, 0.4) is 0 Å². The maximum absolute atomic E-state index is 12.8. The fourth-order valence-corrected chi connectivity index (χ4v) is 4.53. The highest BCUT2D eigenvalue weighted by Gasteiger charge is 2.33. The highest BCUT2D eigenvalue weighted by molar-refractivity contribution is 8.14. The van der Waals surface area contributed by atoms with Crippen molar-refractivity contribution in [3.8, 4) is 0 Å². The normalized spacial score (nSPS) is 21.3. The molecule has 0 bridgehead atoms. The van der Waals surface area contributed by atoms with Crippen molar-refractivity contribution in [2.24, 2.45) is 16.4 Å². The zero-order valence-electron chi connectivity index (χ0n) is 17.5. The predicted molar refractivity (Wildman–Crippen MR) is 113 cm³/mol. The van der Waals surface area contributed by atoms with Crippen LogP contribution in [0.1, 0.15) is 65.7 Å². The summed E-state index contributed by atoms with van der Waals surface area (Å²) in [7, 11) is 1.89. The van der Waals surface area contributed by atoms with Crippen LogP contribution in [0.25, 0.3) is 0 Å². The van der Waals surface area contributed by atoms with Crippen molar-refractivity contribution in [3.63, 3.8) is 0 Å². The van der Waals surface area contributed by atoms with Gasteiger partial charge in [-0.3, -0.25) is 14.4 Å². The number of hydrogen-bond donors (Lipinski definition) is 2. The average molecular weight is 411 g/mol. The molecule has 28 heavy (non-hydrogen) atoms. The molecule has 2 amide bonds. The highest BCUT2D eigenvalue weighted by atomic mass is 32.2. The van der Waals surface area contributed by atoms with Gasteiger partial charge < -0.3 is 10.2 Å². The first-order valence-corrected chi connectivity index (χ1v) is 11.2. The van der Waals surface area contributed by atoms with Crippen LogP contribution in [-0.2, 0) is 14.4 Å². The Hall–Kier alpha value is -1.57. The topological polar surface area (TPSA) is 90.9 Å². The van der Waals surface area contributed by atoms with Crippen LogP contribution in [0.15, 0.2) is 5.10 Å². The van der Waals surface area contributed by atoms with E-state index in [1.807, 2.05) is 32.7 Å². The Morgan fingerprint density at radius 1 is 1.18 bits per heavy atom. The van der Waals surface area contributed by atoms with E-state index < -0.39 is 17.7 Å². The molecule has 2 rings (SSSR count). The summed E-state index contributed by atoms with van der Waals surface area (Å²) in [6, 6.07) is -0.829. The van der Waals surface area contributed by atoms with Crippen LogP contribution in [0.2, 0.25) is 0 Å². The molecule has 0 aromatic rings. The second kappa shape index (κ2) is 10.3. The average Bonchev–Trinajstić information content (AvgIpc) is 2.85. The number of hydrazone groups is 1. The maximum atomic E-state index is 12.8. The van der Waals surface area contributed by atoms with Crippen LogP contribution in [0.4, 0.5) is 0 Å². The molecule has 2 aliphatic rings. The minimum atomic E-state index is -0.829. The Kier molecular flexibility index (Phi) is 8.34. The zero-order chi connectivity index (χ0) is 20.7. The van der Waals surface area contributed by atoms with Gasteiger partial charge in [-0.05, 0) is 24.7 Å². The molecule has 1 aliphatic carbocycles. The molecule has 158 valence electrons. The molecule has 0 aromatic carbocycles. The standard InChI is InChI=1S/C20H34N4O3S/c1-20(2,3)13-15(21-17(26)14-9-7-5-6-8-10-14)16(25)18(27)22-23-19-24(4)11-12-28-19/h14-15H,5-13H2,1-4H3,(H,21,26)(H,22,27)/b23-19-. The molecule has 1 heterocycles. The van der Waals surface area contributed by atoms with Crippen molar-refractivity contribution in [2.75, 3.05) is 19.3 Å². The van der Waals surface area contributed by atoms with Crippen molar-refractivity contribution in [1.82, 2.24) is 15.6 Å². The molecule has 1 aliphatic heterocycles. The number of hydrogen-bond acceptors (Lipinski definition) is 5. The van der Waals surface area contributed by atoms with Gasteiger partial charge in [0.1, 0.15) is 0 Å². The lowest BCUT2D eigenvalue weighted by atomic mass is 9.86. The van der Waals surface area contributed by atoms with Gasteiger partial charge >= 0.3 is 5.91 Å². The quantitative estimate of drug-likeness (QED) is 0.399. The number of thioether (sulfide) groups is 1. The Morgan fingerprint density at radius 3 is 2.36 bits per heavy atom. The first-order valence-electron chi connectivity index (χ1n) is 10.2. The minimum Gasteiger partial charge on any atom is -0.352 e. The molecular weight excluding hydrogens is 376 g/mol. The summed E-state index contributed by atoms with van der Waals surface area (Å²) in [6.45, 7) is 6.84. The number of nitrogens with zero attached hydrogens (tertiary/aromatic N) is 2. The lowest BCUT2D eigenvalue weighted by Gasteiger charge is -2.27. The Morgan fingerprint density at radius 2 is 1.82 bits per heavy atom. The number of amides is 2. The molecule has 1 atom stereocenters. The summed E-state index contributed by atoms with van der Waals surface area (Å²) in [5.74, 6) is -0.668. The number of nitrogens with one attached hydrogen (secondary N) is 2. The van der Waals surface area contributed by atoms with Crippen molar-refractivity contribution < 1.29 is 14.4 Å². The van der Waals surface area contributed by atoms with Gasteiger partial charge in [-0.2, -0.15) is 0 Å². The monoisotopic (exact) mass is 410 g/mol. The molecule has 1 saturated carbocycles. The summed E-state index contributed by atoms with van der Waals surface area (Å²) >= 11 is 1.53. The first-order chi connectivity index (χ1) is 13.2. The number of carbonyl (C=O) groups is 3. The molecule has 0 aromatic heterocycles. The van der Waals surface area contributed by atoms with E-state index in [0.29, 0.717) is 11.6 Å². The summed E-state index contributed by atoms with van der Waals surface area (Å²) in [6.07, 6.45) is 6.51. The molecule has 0 spiro atoms. The third kappa shape index (κ3) is 7.11. The van der Waals surface area contributed by atoms with Gasteiger partial charge in [0.15, 0.2) is 5.17 Å². The second-order valence-electron chi connectivity index (χ2n) is 8.98. The van der Waals surface area contributed by atoms with E-state index in [4.69, 9.17) is 0 Å². The van der Waals surface area contributed by atoms with Crippen molar-refractivity contribution in [2.45, 2.75) is 71.8 Å². The van der Waals surface area contributed by atoms with E-state index in [9.17, 15) is 14.4 Å². The van der Waals surface area contributed by atoms with Gasteiger partial charge in [0.05, 0.1) is 6.04 Å². The van der Waals surface area contributed by atoms with E-state index in [1.54, 1.807) is 0 Å². The SMILES string of the molecule is CN1CCS/C1=N\NC(=O)C(=O)C(CC(C)(C)C)NC(=O)C1CCCCCC1. The number of Topliss-reactive ketones (excluding diaryl/α,β-unsaturated/α-hetero) is 1. The number of amidine groups is 1. The Bertz CT molecular complexity index is 607. The van der Waals surface area contributed by atoms with Crippen LogP contribution < -0.4 is 10.7 Å². The van der Waals surface area contributed by atoms with Gasteiger partial charge in [0.25, 0.3) is 0 Å². The summed E-state index contributed by atoms with van der Waals surface area (Å²) in [4.78, 5) is 39.9. The smallest absolute Gasteiger partial charge is 0.309 e. The first kappa shape index (κ1) is 22.7. The zero-order valence-corrected chi connectivity index (χ0v) is 18.4. The Labute approximate surface area is 172 Å². The maximum Gasteiger partial charge on any atom is 0.309 e. The molecule has 2 N–H and O–H groups in total. The van der Waals surface area contributed by atoms with Gasteiger partial charge in [-0.25, -0.2) is 5.43 Å². The molecular formula is C20H34N4O3S. The molecule has 2 fully saturated rings. The molecule has 1 unspecified atom stereocenters. The Balaban J connectivity index is 2.02. The summed E-state index contributed by atoms with van der Waals surface area (Å²) < 4.78 is 0. The van der Waals surface area contributed by atoms with E-state index in [1.165, 1.54) is 11.8 Å². The van der Waals surface area contributed by atoms with Crippen LogP contribution >= 0.6 is 11.8 Å². The van der Waals surface area contributed by atoms with E-state index in [2.05, 4.69) is 15.8 Å². The molecule has 7 nitrogen and oxygen atoms in total. The van der Waals surface area contributed by atoms with Crippen LogP contribution in [-0.4, -0.2) is 53.1 Å². The van der Waals surface area contributed by atoms with Gasteiger partial charge in [-0.1, -0.05) is 58.2 Å². The fourth-order valence-electron chi connectivity index (χ4n) is 3.56. The number of carbonyl (C=O) groups excluding carboxylic acids is 3. The van der Waals surface area contributed by atoms with Crippen LogP contribution in [0.5, 0.6) is 0 Å². The van der Waals surface area contributed by atoms with Crippen LogP contribution in [0, 0.1) is 11.3 Å². The van der Waals surface area contributed by atoms with Gasteiger partial charge in [0, 0.05) is 25.3 Å². The number of rotatable bonds is 6. The van der Waals surface area contributed by atoms with E-state index in [0.717, 1.165) is 50.8 Å². The second-order valence-corrected chi connectivity index (χ2v) is 10.0. The van der Waals surface area contributed by atoms with Crippen molar-refractivity contribution in [3.05, 3.63) is 0 Å². The summed E-state index contributed by atoms with van der Waals surface area (Å²) in [5.41, 5.74) is 2.17. The molecule has 8 heteroatoms. The molecule has 1 saturated heterocycles. The predicted octanol–water partition coefficient (Wildman–Crippen LogP) is 2.51. The lowest BCUT2D eigenvalue weighted by Crippen LogP contribution is -2.50. The third-order valence-electron chi connectivity index (χ3n) is 5.14. The third-order valence-corrected chi connectivity index (χ3v) is 6.18. The van der Waals surface area contributed by atoms with Gasteiger partial charge in [-0.15, -0.1) is 5.10 Å². The largest absolute Gasteiger partial charge is 0.352 e. The molecule has 0 radical (unpaired) electrons. The van der Waals surface area contributed by atoms with Crippen molar-refractivity contribution in [1.29, 1.82) is 0 Å². The lowest BCUT2D eigenvalue weighted by molar-refractivity contribution is -0.141. The highest BCUT2D eigenvalue weighted by Crippen LogP contribution is 2.25. The van der Waals surface area contributed by atoms with E-state index in [-0.39, 0.29) is 17.2 Å². The fraction of sp³-hybridized carbons (Fsp3) is 0.800. The van der Waals surface area contributed by atoms with Crippen molar-refractivity contribution >= 4 is 34.5 Å². The minimum absolute atomic E-state index is 0.0652. The number of ketones is 1. The van der Waals surface area contributed by atoms with E-state index >= 15 is 0 Å². The van der Waals surface area contributed by atoms with Gasteiger partial charge in [0.2, 0.25) is 11.7 Å².